The average molecular weight is 272 g/mol. The number of carbonyl (C=O) groups excluding carboxylic acids is 2. The Balaban J connectivity index is 2.28. The molecule has 19 heavy (non-hydrogen) atoms. The lowest BCUT2D eigenvalue weighted by molar-refractivity contribution is -0.121. The van der Waals surface area contributed by atoms with Gasteiger partial charge in [0.1, 0.15) is 0 Å². The quantitative estimate of drug-likeness (QED) is 0.607. The fraction of sp³-hybridized carbons (Fsp3) is 0.833. The summed E-state index contributed by atoms with van der Waals surface area (Å²) in [6.45, 7) is 7.08. The molecule has 3 amide bonds. The van der Waals surface area contributed by atoms with Crippen molar-refractivity contribution in [2.75, 3.05) is 39.9 Å². The second-order valence-corrected chi connectivity index (χ2v) is 4.90. The molecule has 2 atom stereocenters. The summed E-state index contributed by atoms with van der Waals surface area (Å²) < 4.78 is 4.90. The molecule has 110 valence electrons. The van der Waals surface area contributed by atoms with Crippen molar-refractivity contribution in [3.05, 3.63) is 0 Å². The SMILES string of the molecule is COCC(C)NC(=O)NC(=O)CN1CCNC[C@@H]1C. The number of piperazine rings is 1. The number of hydrogen-bond donors (Lipinski definition) is 3. The predicted molar refractivity (Wildman–Crippen MR) is 71.9 cm³/mol. The number of urea groups is 1. The zero-order chi connectivity index (χ0) is 14.3. The van der Waals surface area contributed by atoms with E-state index in [9.17, 15) is 9.59 Å². The highest BCUT2D eigenvalue weighted by atomic mass is 16.5. The van der Waals surface area contributed by atoms with Crippen LogP contribution in [0.15, 0.2) is 0 Å². The lowest BCUT2D eigenvalue weighted by Gasteiger charge is -2.33. The molecule has 0 saturated carbocycles. The molecule has 1 heterocycles. The monoisotopic (exact) mass is 272 g/mol. The zero-order valence-corrected chi connectivity index (χ0v) is 11.9. The summed E-state index contributed by atoms with van der Waals surface area (Å²) in [6.07, 6.45) is 0. The molecular weight excluding hydrogens is 248 g/mol. The van der Waals surface area contributed by atoms with Gasteiger partial charge in [-0.1, -0.05) is 0 Å². The second-order valence-electron chi connectivity index (χ2n) is 4.90. The van der Waals surface area contributed by atoms with Gasteiger partial charge in [-0.05, 0) is 13.8 Å². The van der Waals surface area contributed by atoms with Crippen LogP contribution >= 0.6 is 0 Å². The minimum Gasteiger partial charge on any atom is -0.383 e. The summed E-state index contributed by atoms with van der Waals surface area (Å²) in [5.74, 6) is -0.282. The lowest BCUT2D eigenvalue weighted by atomic mass is 10.2. The van der Waals surface area contributed by atoms with Gasteiger partial charge >= 0.3 is 6.03 Å². The van der Waals surface area contributed by atoms with Crippen molar-refractivity contribution in [1.29, 1.82) is 0 Å². The van der Waals surface area contributed by atoms with Crippen LogP contribution in [0.1, 0.15) is 13.8 Å². The van der Waals surface area contributed by atoms with Crippen LogP contribution in [-0.4, -0.2) is 68.8 Å². The van der Waals surface area contributed by atoms with E-state index in [0.717, 1.165) is 19.6 Å². The summed E-state index contributed by atoms with van der Waals surface area (Å²) in [4.78, 5) is 25.3. The topological polar surface area (TPSA) is 82.7 Å². The Morgan fingerprint density at radius 2 is 2.26 bits per heavy atom. The minimum absolute atomic E-state index is 0.129. The molecule has 0 spiro atoms. The van der Waals surface area contributed by atoms with E-state index in [1.54, 1.807) is 7.11 Å². The molecule has 1 fully saturated rings. The Bertz CT molecular complexity index is 311. The highest BCUT2D eigenvalue weighted by Gasteiger charge is 2.21. The van der Waals surface area contributed by atoms with Crippen LogP contribution in [0.3, 0.4) is 0 Å². The molecule has 7 heteroatoms. The van der Waals surface area contributed by atoms with E-state index < -0.39 is 6.03 Å². The van der Waals surface area contributed by atoms with Gasteiger partial charge in [-0.2, -0.15) is 0 Å². The van der Waals surface area contributed by atoms with Gasteiger partial charge in [0.15, 0.2) is 0 Å². The number of carbonyl (C=O) groups is 2. The third-order valence-electron chi connectivity index (χ3n) is 3.03. The smallest absolute Gasteiger partial charge is 0.321 e. The molecule has 0 radical (unpaired) electrons. The third kappa shape index (κ3) is 6.00. The van der Waals surface area contributed by atoms with Crippen LogP contribution in [0.2, 0.25) is 0 Å². The van der Waals surface area contributed by atoms with Crippen molar-refractivity contribution in [1.82, 2.24) is 20.9 Å². The largest absolute Gasteiger partial charge is 0.383 e. The molecule has 0 bridgehead atoms. The van der Waals surface area contributed by atoms with Crippen LogP contribution in [-0.2, 0) is 9.53 Å². The van der Waals surface area contributed by atoms with Crippen LogP contribution in [0.4, 0.5) is 4.79 Å². The van der Waals surface area contributed by atoms with E-state index in [4.69, 9.17) is 4.74 Å². The van der Waals surface area contributed by atoms with E-state index in [1.807, 2.05) is 6.92 Å². The average Bonchev–Trinajstić information content (AvgIpc) is 2.31. The number of rotatable bonds is 5. The predicted octanol–water partition coefficient (Wildman–Crippen LogP) is -0.859. The van der Waals surface area contributed by atoms with Crippen molar-refractivity contribution in [2.24, 2.45) is 0 Å². The molecule has 1 saturated heterocycles. The number of amides is 3. The van der Waals surface area contributed by atoms with E-state index in [2.05, 4.69) is 27.8 Å². The number of hydrogen-bond acceptors (Lipinski definition) is 5. The molecule has 0 aromatic carbocycles. The van der Waals surface area contributed by atoms with Crippen LogP contribution in [0.5, 0.6) is 0 Å². The Hall–Kier alpha value is -1.18. The summed E-state index contributed by atoms with van der Waals surface area (Å²) in [5, 5.41) is 8.22. The van der Waals surface area contributed by atoms with Crippen LogP contribution < -0.4 is 16.0 Å². The first-order valence-electron chi connectivity index (χ1n) is 6.57. The van der Waals surface area contributed by atoms with Gasteiger partial charge < -0.3 is 15.4 Å². The van der Waals surface area contributed by atoms with Gasteiger partial charge in [-0.15, -0.1) is 0 Å². The van der Waals surface area contributed by atoms with Crippen molar-refractivity contribution in [3.8, 4) is 0 Å². The number of methoxy groups -OCH3 is 1. The van der Waals surface area contributed by atoms with Crippen molar-refractivity contribution in [2.45, 2.75) is 25.9 Å². The Morgan fingerprint density at radius 1 is 1.53 bits per heavy atom. The minimum atomic E-state index is -0.475. The van der Waals surface area contributed by atoms with Gasteiger partial charge in [-0.3, -0.25) is 15.0 Å². The van der Waals surface area contributed by atoms with Crippen molar-refractivity contribution >= 4 is 11.9 Å². The van der Waals surface area contributed by atoms with Gasteiger partial charge in [-0.25, -0.2) is 4.79 Å². The summed E-state index contributed by atoms with van der Waals surface area (Å²) in [5.41, 5.74) is 0. The second kappa shape index (κ2) is 8.08. The highest BCUT2D eigenvalue weighted by Crippen LogP contribution is 2.00. The molecule has 0 aromatic heterocycles. The maximum atomic E-state index is 11.7. The summed E-state index contributed by atoms with van der Waals surface area (Å²) in [7, 11) is 1.56. The molecule has 7 nitrogen and oxygen atoms in total. The first-order valence-corrected chi connectivity index (χ1v) is 6.57. The molecular formula is C12H24N4O3. The van der Waals surface area contributed by atoms with Gasteiger partial charge in [0.05, 0.1) is 19.2 Å². The third-order valence-corrected chi connectivity index (χ3v) is 3.03. The number of ether oxygens (including phenoxy) is 1. The van der Waals surface area contributed by atoms with Gasteiger partial charge in [0, 0.05) is 32.8 Å². The van der Waals surface area contributed by atoms with E-state index in [1.165, 1.54) is 0 Å². The molecule has 1 aliphatic rings. The highest BCUT2D eigenvalue weighted by molar-refractivity contribution is 5.95. The van der Waals surface area contributed by atoms with Crippen molar-refractivity contribution in [3.63, 3.8) is 0 Å². The van der Waals surface area contributed by atoms with E-state index >= 15 is 0 Å². The van der Waals surface area contributed by atoms with E-state index in [-0.39, 0.29) is 18.5 Å². The fourth-order valence-corrected chi connectivity index (χ4v) is 2.02. The number of imide groups is 1. The maximum absolute atomic E-state index is 11.7. The van der Waals surface area contributed by atoms with Crippen molar-refractivity contribution < 1.29 is 14.3 Å². The van der Waals surface area contributed by atoms with Crippen LogP contribution in [0.25, 0.3) is 0 Å². The van der Waals surface area contributed by atoms with Gasteiger partial charge in [0.2, 0.25) is 5.91 Å². The molecule has 1 aliphatic heterocycles. The standard InChI is InChI=1S/C12H24N4O3/c1-9(8-19-3)14-12(18)15-11(17)7-16-5-4-13-6-10(16)2/h9-10,13H,4-8H2,1-3H3,(H2,14,15,17,18)/t9?,10-/m0/s1. The molecule has 1 unspecified atom stereocenters. The summed E-state index contributed by atoms with van der Waals surface area (Å²) >= 11 is 0. The maximum Gasteiger partial charge on any atom is 0.321 e. The number of nitrogens with one attached hydrogen (secondary N) is 3. The van der Waals surface area contributed by atoms with Gasteiger partial charge in [0.25, 0.3) is 0 Å². The Morgan fingerprint density at radius 3 is 2.89 bits per heavy atom. The summed E-state index contributed by atoms with van der Waals surface area (Å²) in [6, 6.07) is -0.303. The Labute approximate surface area is 114 Å². The first kappa shape index (κ1) is 15.9. The number of nitrogens with zero attached hydrogens (tertiary/aromatic N) is 1. The first-order chi connectivity index (χ1) is 9.02. The molecule has 3 N–H and O–H groups in total. The Kier molecular flexibility index (Phi) is 6.75. The molecule has 0 aliphatic carbocycles. The lowest BCUT2D eigenvalue weighted by Crippen LogP contribution is -2.54. The normalized spacial score (nSPS) is 21.7. The molecule has 1 rings (SSSR count). The van der Waals surface area contributed by atoms with E-state index in [0.29, 0.717) is 12.6 Å². The molecule has 0 aromatic rings. The zero-order valence-electron chi connectivity index (χ0n) is 11.9. The fourth-order valence-electron chi connectivity index (χ4n) is 2.02. The van der Waals surface area contributed by atoms with Crippen LogP contribution in [0, 0.1) is 0 Å².